The molecule has 212 valence electrons. The fraction of sp³-hybridized carbons (Fsp3) is 0.750. The Kier molecular flexibility index (Phi) is 16.9. The smallest absolute Gasteiger partial charge is 0.328 e. The molecule has 1 N–H and O–H groups in total. The summed E-state index contributed by atoms with van der Waals surface area (Å²) in [5.41, 5.74) is 0. The molecule has 0 saturated carbocycles. The summed E-state index contributed by atoms with van der Waals surface area (Å²) >= 11 is 0. The van der Waals surface area contributed by atoms with Gasteiger partial charge in [-0.05, 0) is 32.1 Å². The third-order valence-corrected chi connectivity index (χ3v) is 7.45. The molecule has 1 amide bonds. The van der Waals surface area contributed by atoms with Crippen molar-refractivity contribution in [3.63, 3.8) is 0 Å². The van der Waals surface area contributed by atoms with Crippen molar-refractivity contribution in [1.82, 2.24) is 5.32 Å². The molecule has 1 heterocycles. The molecule has 8 nitrogen and oxygen atoms in total. The van der Waals surface area contributed by atoms with Crippen molar-refractivity contribution in [1.29, 1.82) is 0 Å². The van der Waals surface area contributed by atoms with Crippen LogP contribution in [-0.4, -0.2) is 57.0 Å². The van der Waals surface area contributed by atoms with Crippen LogP contribution in [0.3, 0.4) is 0 Å². The molecule has 1 fully saturated rings. The largest absolute Gasteiger partial charge is 0.461 e. The molecule has 0 radical (unpaired) electrons. The fourth-order valence-electron chi connectivity index (χ4n) is 4.24. The average molecular weight is 542 g/mol. The summed E-state index contributed by atoms with van der Waals surface area (Å²) in [6, 6.07) is -1.06. The van der Waals surface area contributed by atoms with Crippen LogP contribution >= 0.6 is 0 Å². The summed E-state index contributed by atoms with van der Waals surface area (Å²) in [6.07, 6.45) is 20.0. The van der Waals surface area contributed by atoms with Crippen molar-refractivity contribution in [2.45, 2.75) is 116 Å². The summed E-state index contributed by atoms with van der Waals surface area (Å²) in [5, 5.41) is 2.37. The van der Waals surface area contributed by atoms with Crippen LogP contribution in [0.4, 0.5) is 0 Å². The quantitative estimate of drug-likeness (QED) is 0.0904. The number of nitrogens with one attached hydrogen (secondary N) is 1. The number of rotatable bonds is 22. The van der Waals surface area contributed by atoms with E-state index in [0.717, 1.165) is 51.2 Å². The zero-order valence-corrected chi connectivity index (χ0v) is 23.7. The molecule has 9 heteroatoms. The molecule has 0 aromatic carbocycles. The standard InChI is InChI=1S/C28H47NO7S/c1-4-6-8-10-11-12-13-14-15-17-23(21-26-24(27(31)36-26)18-16-9-7-5-2)35-28(32)25(29-22-30)19-20-37(3,33)34/h11-12,14-15,22-26H,4-10,13,16-21H2,1-3H3,(H,29,30)/t23?,24-,25?,26-/m0/s1. The summed E-state index contributed by atoms with van der Waals surface area (Å²) in [4.78, 5) is 35.9. The van der Waals surface area contributed by atoms with Gasteiger partial charge in [-0.1, -0.05) is 76.7 Å². The molecule has 2 unspecified atom stereocenters. The van der Waals surface area contributed by atoms with Crippen LogP contribution in [0.25, 0.3) is 0 Å². The Bertz CT molecular complexity index is 837. The molecule has 0 aliphatic carbocycles. The van der Waals surface area contributed by atoms with Gasteiger partial charge < -0.3 is 14.8 Å². The first kappa shape index (κ1) is 32.9. The lowest BCUT2D eigenvalue weighted by Crippen LogP contribution is -2.48. The number of sulfone groups is 1. The maximum Gasteiger partial charge on any atom is 0.328 e. The molecule has 1 aliphatic rings. The lowest BCUT2D eigenvalue weighted by Gasteiger charge is -2.37. The van der Waals surface area contributed by atoms with Crippen LogP contribution in [0.15, 0.2) is 24.3 Å². The van der Waals surface area contributed by atoms with Crippen LogP contribution < -0.4 is 5.32 Å². The van der Waals surface area contributed by atoms with Crippen LogP contribution in [0.2, 0.25) is 0 Å². The van der Waals surface area contributed by atoms with E-state index in [1.165, 1.54) is 19.3 Å². The van der Waals surface area contributed by atoms with Gasteiger partial charge in [0.2, 0.25) is 6.41 Å². The number of hydrogen-bond acceptors (Lipinski definition) is 7. The van der Waals surface area contributed by atoms with Gasteiger partial charge in [-0.15, -0.1) is 0 Å². The molecule has 0 aromatic rings. The van der Waals surface area contributed by atoms with Gasteiger partial charge >= 0.3 is 11.9 Å². The van der Waals surface area contributed by atoms with Gasteiger partial charge in [-0.2, -0.15) is 0 Å². The van der Waals surface area contributed by atoms with Gasteiger partial charge in [0.05, 0.1) is 11.7 Å². The first-order valence-electron chi connectivity index (χ1n) is 13.8. The van der Waals surface area contributed by atoms with E-state index < -0.39 is 28.0 Å². The Balaban J connectivity index is 2.76. The van der Waals surface area contributed by atoms with E-state index in [1.807, 2.05) is 12.2 Å². The number of cyclic esters (lactones) is 1. The normalized spacial score (nSPS) is 19.4. The second-order valence-electron chi connectivity index (χ2n) is 9.89. The van der Waals surface area contributed by atoms with Gasteiger partial charge in [0, 0.05) is 19.1 Å². The number of carbonyl (C=O) groups excluding carboxylic acids is 3. The molecule has 1 aliphatic heterocycles. The van der Waals surface area contributed by atoms with Crippen molar-refractivity contribution in [2.75, 3.05) is 12.0 Å². The number of ether oxygens (including phenoxy) is 2. The van der Waals surface area contributed by atoms with Crippen molar-refractivity contribution in [3.05, 3.63) is 24.3 Å². The number of hydrogen-bond donors (Lipinski definition) is 1. The molecule has 0 spiro atoms. The number of amides is 1. The lowest BCUT2D eigenvalue weighted by molar-refractivity contribution is -0.190. The van der Waals surface area contributed by atoms with Crippen LogP contribution in [-0.2, 0) is 33.7 Å². The van der Waals surface area contributed by atoms with Gasteiger partial charge in [-0.3, -0.25) is 9.59 Å². The number of carbonyl (C=O) groups is 3. The third kappa shape index (κ3) is 15.0. The predicted molar refractivity (Wildman–Crippen MR) is 146 cm³/mol. The fourth-order valence-corrected chi connectivity index (χ4v) is 4.90. The van der Waals surface area contributed by atoms with Crippen molar-refractivity contribution in [3.8, 4) is 0 Å². The van der Waals surface area contributed by atoms with Crippen LogP contribution in [0.1, 0.15) is 97.3 Å². The van der Waals surface area contributed by atoms with Crippen molar-refractivity contribution >= 4 is 28.2 Å². The Labute approximate surface area is 223 Å². The van der Waals surface area contributed by atoms with Gasteiger partial charge in [0.25, 0.3) is 0 Å². The Hall–Kier alpha value is -2.16. The number of allylic oxidation sites excluding steroid dienone is 3. The second-order valence-corrected chi connectivity index (χ2v) is 12.2. The van der Waals surface area contributed by atoms with Crippen molar-refractivity contribution in [2.24, 2.45) is 5.92 Å². The second kappa shape index (κ2) is 19.0. The van der Waals surface area contributed by atoms with E-state index in [1.54, 1.807) is 0 Å². The highest BCUT2D eigenvalue weighted by Gasteiger charge is 2.43. The minimum Gasteiger partial charge on any atom is -0.461 e. The molecular formula is C28H47NO7S. The average Bonchev–Trinajstić information content (AvgIpc) is 2.84. The van der Waals surface area contributed by atoms with E-state index in [-0.39, 0.29) is 30.2 Å². The number of unbranched alkanes of at least 4 members (excludes halogenated alkanes) is 6. The highest BCUT2D eigenvalue weighted by atomic mass is 32.2. The van der Waals surface area contributed by atoms with E-state index in [2.05, 4.69) is 31.3 Å². The summed E-state index contributed by atoms with van der Waals surface area (Å²) < 4.78 is 34.2. The zero-order valence-electron chi connectivity index (χ0n) is 22.9. The Morgan fingerprint density at radius 3 is 2.41 bits per heavy atom. The highest BCUT2D eigenvalue weighted by Crippen LogP contribution is 2.32. The molecule has 0 bridgehead atoms. The van der Waals surface area contributed by atoms with E-state index >= 15 is 0 Å². The highest BCUT2D eigenvalue weighted by molar-refractivity contribution is 7.90. The molecule has 0 aromatic heterocycles. The Morgan fingerprint density at radius 2 is 1.76 bits per heavy atom. The maximum atomic E-state index is 12.8. The zero-order chi connectivity index (χ0) is 27.5. The molecule has 1 rings (SSSR count). The van der Waals surface area contributed by atoms with Crippen LogP contribution in [0.5, 0.6) is 0 Å². The topological polar surface area (TPSA) is 116 Å². The van der Waals surface area contributed by atoms with Gasteiger partial charge in [0.1, 0.15) is 28.1 Å². The summed E-state index contributed by atoms with van der Waals surface area (Å²) in [7, 11) is -3.31. The Morgan fingerprint density at radius 1 is 1.05 bits per heavy atom. The first-order valence-corrected chi connectivity index (χ1v) is 15.9. The SMILES string of the molecule is CCCCCC=CCC=CCC(C[C@@H]1OC(=O)[C@H]1CCCCCC)OC(=O)C(CCS(C)(=O)=O)NC=O. The van der Waals surface area contributed by atoms with Crippen molar-refractivity contribution < 1.29 is 32.3 Å². The monoisotopic (exact) mass is 541 g/mol. The van der Waals surface area contributed by atoms with E-state index in [4.69, 9.17) is 9.47 Å². The molecule has 1 saturated heterocycles. The third-order valence-electron chi connectivity index (χ3n) is 6.48. The van der Waals surface area contributed by atoms with E-state index in [9.17, 15) is 22.8 Å². The number of esters is 2. The molecule has 4 atom stereocenters. The summed E-state index contributed by atoms with van der Waals surface area (Å²) in [6.45, 7) is 4.32. The molecule has 37 heavy (non-hydrogen) atoms. The molecular weight excluding hydrogens is 494 g/mol. The van der Waals surface area contributed by atoms with Crippen LogP contribution in [0, 0.1) is 5.92 Å². The maximum absolute atomic E-state index is 12.8. The minimum atomic E-state index is -3.31. The lowest BCUT2D eigenvalue weighted by atomic mass is 9.87. The van der Waals surface area contributed by atoms with Gasteiger partial charge in [0.15, 0.2) is 0 Å². The first-order chi connectivity index (χ1) is 17.7. The van der Waals surface area contributed by atoms with E-state index in [0.29, 0.717) is 19.3 Å². The minimum absolute atomic E-state index is 0.0692. The predicted octanol–water partition coefficient (Wildman–Crippen LogP) is 4.82. The summed E-state index contributed by atoms with van der Waals surface area (Å²) in [5.74, 6) is -1.33. The van der Waals surface area contributed by atoms with Gasteiger partial charge in [-0.25, -0.2) is 13.2 Å².